The van der Waals surface area contributed by atoms with Crippen LogP contribution in [0.25, 0.3) is 0 Å². The van der Waals surface area contributed by atoms with Gasteiger partial charge in [-0.05, 0) is 30.0 Å². The molecule has 1 aliphatic heterocycles. The van der Waals surface area contributed by atoms with Gasteiger partial charge in [0.2, 0.25) is 15.9 Å². The highest BCUT2D eigenvalue weighted by molar-refractivity contribution is 7.89. The summed E-state index contributed by atoms with van der Waals surface area (Å²) in [5, 5.41) is 0. The van der Waals surface area contributed by atoms with E-state index in [0.29, 0.717) is 25.4 Å². The fourth-order valence-corrected chi connectivity index (χ4v) is 3.72. The maximum Gasteiger partial charge on any atom is 0.240 e. The molecule has 0 bridgehead atoms. The Labute approximate surface area is 126 Å². The van der Waals surface area contributed by atoms with Crippen LogP contribution >= 0.6 is 0 Å². The van der Waals surface area contributed by atoms with Crippen LogP contribution in [0.4, 0.5) is 0 Å². The molecule has 0 saturated carbocycles. The van der Waals surface area contributed by atoms with E-state index in [0.717, 1.165) is 5.56 Å². The quantitative estimate of drug-likeness (QED) is 0.920. The van der Waals surface area contributed by atoms with Gasteiger partial charge in [0.1, 0.15) is 0 Å². The average Bonchev–Trinajstić information content (AvgIpc) is 2.87. The van der Waals surface area contributed by atoms with Crippen LogP contribution in [0, 0.1) is 0 Å². The van der Waals surface area contributed by atoms with Crippen molar-refractivity contribution in [1.82, 2.24) is 9.62 Å². The molecule has 1 atom stereocenters. The summed E-state index contributed by atoms with van der Waals surface area (Å²) >= 11 is 0. The second kappa shape index (κ2) is 6.15. The molecule has 1 heterocycles. The number of amides is 1. The van der Waals surface area contributed by atoms with Crippen molar-refractivity contribution in [3.05, 3.63) is 29.8 Å². The van der Waals surface area contributed by atoms with E-state index in [1.807, 2.05) is 12.1 Å². The highest BCUT2D eigenvalue weighted by atomic mass is 32.2. The molecule has 5 nitrogen and oxygen atoms in total. The second-order valence-corrected chi connectivity index (χ2v) is 7.51. The average molecular weight is 310 g/mol. The number of likely N-dealkylation sites (tertiary alicyclic amines) is 1. The van der Waals surface area contributed by atoms with Crippen LogP contribution in [0.15, 0.2) is 29.2 Å². The van der Waals surface area contributed by atoms with Crippen molar-refractivity contribution in [3.63, 3.8) is 0 Å². The van der Waals surface area contributed by atoms with Gasteiger partial charge < -0.3 is 4.90 Å². The number of carbonyl (C=O) groups is 1. The largest absolute Gasteiger partial charge is 0.341 e. The third-order valence-corrected chi connectivity index (χ3v) is 5.35. The lowest BCUT2D eigenvalue weighted by atomic mass is 10.0. The molecule has 1 saturated heterocycles. The Morgan fingerprint density at radius 1 is 1.29 bits per heavy atom. The zero-order valence-electron chi connectivity index (χ0n) is 12.7. The Bertz CT molecular complexity index is 608. The summed E-state index contributed by atoms with van der Waals surface area (Å²) in [7, 11) is -3.52. The summed E-state index contributed by atoms with van der Waals surface area (Å²) in [5.41, 5.74) is 1.11. The lowest BCUT2D eigenvalue weighted by molar-refractivity contribution is -0.127. The second-order valence-electron chi connectivity index (χ2n) is 5.80. The number of nitrogens with one attached hydrogen (secondary N) is 1. The Balaban J connectivity index is 2.07. The Hall–Kier alpha value is -1.40. The van der Waals surface area contributed by atoms with Gasteiger partial charge in [-0.3, -0.25) is 4.79 Å². The van der Waals surface area contributed by atoms with Crippen molar-refractivity contribution in [1.29, 1.82) is 0 Å². The lowest BCUT2D eigenvalue weighted by Crippen LogP contribution is -2.37. The monoisotopic (exact) mass is 310 g/mol. The van der Waals surface area contributed by atoms with Gasteiger partial charge >= 0.3 is 0 Å². The first-order chi connectivity index (χ1) is 9.79. The highest BCUT2D eigenvalue weighted by Gasteiger charge is 2.28. The standard InChI is InChI=1S/C15H22N2O3S/c1-11(2)13-4-6-15(7-5-13)21(19,20)16-14-8-9-17(10-14)12(3)18/h4-7,11,14,16H,8-10H2,1-3H3. The first kappa shape index (κ1) is 16.0. The minimum Gasteiger partial charge on any atom is -0.341 e. The summed E-state index contributed by atoms with van der Waals surface area (Å²) in [4.78, 5) is 13.2. The molecule has 1 unspecified atom stereocenters. The molecule has 6 heteroatoms. The lowest BCUT2D eigenvalue weighted by Gasteiger charge is -2.15. The maximum atomic E-state index is 12.3. The SMILES string of the molecule is CC(=O)N1CCC(NS(=O)(=O)c2ccc(C(C)C)cc2)C1. The summed E-state index contributed by atoms with van der Waals surface area (Å²) in [6, 6.07) is 6.75. The van der Waals surface area contributed by atoms with Gasteiger partial charge in [-0.2, -0.15) is 0 Å². The molecular formula is C15H22N2O3S. The van der Waals surface area contributed by atoms with Crippen LogP contribution in [0.3, 0.4) is 0 Å². The topological polar surface area (TPSA) is 66.5 Å². The van der Waals surface area contributed by atoms with Gasteiger partial charge in [-0.1, -0.05) is 26.0 Å². The van der Waals surface area contributed by atoms with Gasteiger partial charge in [-0.15, -0.1) is 0 Å². The number of hydrogen-bond donors (Lipinski definition) is 1. The smallest absolute Gasteiger partial charge is 0.240 e. The summed E-state index contributed by atoms with van der Waals surface area (Å²) in [5.74, 6) is 0.353. The zero-order chi connectivity index (χ0) is 15.6. The van der Waals surface area contributed by atoms with Gasteiger partial charge in [0.05, 0.1) is 4.90 Å². The molecule has 0 radical (unpaired) electrons. The van der Waals surface area contributed by atoms with Crippen LogP contribution in [0.1, 0.15) is 38.7 Å². The molecule has 1 aliphatic rings. The maximum absolute atomic E-state index is 12.3. The summed E-state index contributed by atoms with van der Waals surface area (Å²) in [6.45, 7) is 6.68. The van der Waals surface area contributed by atoms with E-state index in [2.05, 4.69) is 18.6 Å². The van der Waals surface area contributed by atoms with Crippen LogP contribution < -0.4 is 4.72 Å². The minimum atomic E-state index is -3.52. The predicted octanol–water partition coefficient (Wildman–Crippen LogP) is 1.71. The highest BCUT2D eigenvalue weighted by Crippen LogP contribution is 2.18. The van der Waals surface area contributed by atoms with Crippen molar-refractivity contribution in [2.75, 3.05) is 13.1 Å². The zero-order valence-corrected chi connectivity index (χ0v) is 13.5. The molecule has 0 aromatic heterocycles. The summed E-state index contributed by atoms with van der Waals surface area (Å²) < 4.78 is 27.3. The molecule has 116 valence electrons. The molecule has 0 aliphatic carbocycles. The van der Waals surface area contributed by atoms with E-state index < -0.39 is 10.0 Å². The molecule has 1 aromatic carbocycles. The Kier molecular flexibility index (Phi) is 4.68. The van der Waals surface area contributed by atoms with Gasteiger partial charge in [0.15, 0.2) is 0 Å². The molecule has 1 N–H and O–H groups in total. The van der Waals surface area contributed by atoms with Gasteiger partial charge in [-0.25, -0.2) is 13.1 Å². The van der Waals surface area contributed by atoms with Crippen molar-refractivity contribution in [2.24, 2.45) is 0 Å². The molecule has 1 amide bonds. The number of carbonyl (C=O) groups excluding carboxylic acids is 1. The third kappa shape index (κ3) is 3.83. The van der Waals surface area contributed by atoms with E-state index in [9.17, 15) is 13.2 Å². The third-order valence-electron chi connectivity index (χ3n) is 3.81. The van der Waals surface area contributed by atoms with E-state index >= 15 is 0 Å². The van der Waals surface area contributed by atoms with Crippen LogP contribution in [-0.2, 0) is 14.8 Å². The molecule has 0 spiro atoms. The molecule has 1 aromatic rings. The minimum absolute atomic E-state index is 0.0158. The van der Waals surface area contributed by atoms with E-state index in [-0.39, 0.29) is 16.8 Å². The normalized spacial score (nSPS) is 19.2. The number of sulfonamides is 1. The molecular weight excluding hydrogens is 288 g/mol. The van der Waals surface area contributed by atoms with E-state index in [1.165, 1.54) is 6.92 Å². The van der Waals surface area contributed by atoms with Crippen molar-refractivity contribution >= 4 is 15.9 Å². The van der Waals surface area contributed by atoms with Crippen LogP contribution in [0.5, 0.6) is 0 Å². The number of rotatable bonds is 4. The fourth-order valence-electron chi connectivity index (χ4n) is 2.46. The first-order valence-electron chi connectivity index (χ1n) is 7.17. The van der Waals surface area contributed by atoms with Crippen LogP contribution in [0.2, 0.25) is 0 Å². The van der Waals surface area contributed by atoms with Crippen molar-refractivity contribution in [2.45, 2.75) is 44.0 Å². The van der Waals surface area contributed by atoms with Gasteiger partial charge in [0.25, 0.3) is 0 Å². The fraction of sp³-hybridized carbons (Fsp3) is 0.533. The number of hydrogen-bond acceptors (Lipinski definition) is 3. The number of benzene rings is 1. The number of nitrogens with zero attached hydrogens (tertiary/aromatic N) is 1. The predicted molar refractivity (Wildman–Crippen MR) is 81.5 cm³/mol. The van der Waals surface area contributed by atoms with E-state index in [1.54, 1.807) is 17.0 Å². The van der Waals surface area contributed by atoms with Gasteiger partial charge in [0, 0.05) is 26.1 Å². The van der Waals surface area contributed by atoms with E-state index in [4.69, 9.17) is 0 Å². The summed E-state index contributed by atoms with van der Waals surface area (Å²) in [6.07, 6.45) is 0.656. The molecule has 2 rings (SSSR count). The molecule has 21 heavy (non-hydrogen) atoms. The van der Waals surface area contributed by atoms with Crippen LogP contribution in [-0.4, -0.2) is 38.4 Å². The first-order valence-corrected chi connectivity index (χ1v) is 8.65. The van der Waals surface area contributed by atoms with Crippen molar-refractivity contribution < 1.29 is 13.2 Å². The Morgan fingerprint density at radius 3 is 2.38 bits per heavy atom. The van der Waals surface area contributed by atoms with Crippen molar-refractivity contribution in [3.8, 4) is 0 Å². The Morgan fingerprint density at radius 2 is 1.90 bits per heavy atom. The molecule has 1 fully saturated rings.